The molecule has 2 rings (SSSR count). The van der Waals surface area contributed by atoms with Gasteiger partial charge in [-0.25, -0.2) is 0 Å². The molecule has 1 saturated heterocycles. The van der Waals surface area contributed by atoms with Crippen molar-refractivity contribution in [3.8, 4) is 5.75 Å². The van der Waals surface area contributed by atoms with Crippen molar-refractivity contribution in [3.05, 3.63) is 29.8 Å². The first-order valence-electron chi connectivity index (χ1n) is 7.24. The van der Waals surface area contributed by atoms with Gasteiger partial charge in [0.05, 0.1) is 0 Å². The second-order valence-electron chi connectivity index (χ2n) is 5.37. The van der Waals surface area contributed by atoms with E-state index in [1.807, 2.05) is 0 Å². The molecular formula is C15H19F3N2O2. The smallest absolute Gasteiger partial charge is 0.406 e. The number of nitrogens with one attached hydrogen (secondary N) is 2. The summed E-state index contributed by atoms with van der Waals surface area (Å²) in [5, 5.41) is 6.02. The molecule has 0 aliphatic carbocycles. The molecule has 0 spiro atoms. The first-order chi connectivity index (χ1) is 10.4. The highest BCUT2D eigenvalue weighted by atomic mass is 19.4. The summed E-state index contributed by atoms with van der Waals surface area (Å²) in [6, 6.07) is 5.48. The highest BCUT2D eigenvalue weighted by molar-refractivity contribution is 5.75. The molecule has 1 aliphatic heterocycles. The van der Waals surface area contributed by atoms with Crippen LogP contribution in [0.4, 0.5) is 13.2 Å². The molecule has 1 heterocycles. The maximum absolute atomic E-state index is 12.0. The zero-order valence-corrected chi connectivity index (χ0v) is 12.1. The van der Waals surface area contributed by atoms with Crippen molar-refractivity contribution in [3.63, 3.8) is 0 Å². The standard InChI is InChI=1S/C15H19F3N2O2/c16-15(17,18)22-13-4-1-11(2-5-13)10-20-14(21)6-3-12-7-8-19-9-12/h1-2,4-5,12,19H,3,6-10H2,(H,20,21). The second-order valence-corrected chi connectivity index (χ2v) is 5.37. The Labute approximate surface area is 127 Å². The van der Waals surface area contributed by atoms with Crippen LogP contribution in [0.25, 0.3) is 0 Å². The number of benzene rings is 1. The summed E-state index contributed by atoms with van der Waals surface area (Å²) in [5.41, 5.74) is 0.727. The van der Waals surface area contributed by atoms with Crippen LogP contribution in [0.2, 0.25) is 0 Å². The third-order valence-corrected chi connectivity index (χ3v) is 3.59. The van der Waals surface area contributed by atoms with E-state index in [0.29, 0.717) is 18.9 Å². The van der Waals surface area contributed by atoms with Crippen LogP contribution < -0.4 is 15.4 Å². The number of rotatable bonds is 6. The van der Waals surface area contributed by atoms with Crippen molar-refractivity contribution in [2.24, 2.45) is 5.92 Å². The van der Waals surface area contributed by atoms with Crippen LogP contribution in [-0.2, 0) is 11.3 Å². The molecular weight excluding hydrogens is 297 g/mol. The number of ether oxygens (including phenoxy) is 1. The Bertz CT molecular complexity index is 483. The van der Waals surface area contributed by atoms with E-state index in [2.05, 4.69) is 15.4 Å². The molecule has 1 fully saturated rings. The Balaban J connectivity index is 1.70. The molecule has 0 aromatic heterocycles. The van der Waals surface area contributed by atoms with Gasteiger partial charge in [0.25, 0.3) is 0 Å². The minimum Gasteiger partial charge on any atom is -0.406 e. The summed E-state index contributed by atoms with van der Waals surface area (Å²) in [4.78, 5) is 11.7. The molecule has 1 aromatic carbocycles. The van der Waals surface area contributed by atoms with Gasteiger partial charge in [0, 0.05) is 13.0 Å². The predicted molar refractivity (Wildman–Crippen MR) is 75.2 cm³/mol. The SMILES string of the molecule is O=C(CCC1CCNC1)NCc1ccc(OC(F)(F)F)cc1. The van der Waals surface area contributed by atoms with Gasteiger partial charge in [0.2, 0.25) is 5.91 Å². The number of halogens is 3. The molecule has 1 amide bonds. The Hall–Kier alpha value is -1.76. The molecule has 1 atom stereocenters. The van der Waals surface area contributed by atoms with Gasteiger partial charge in [-0.2, -0.15) is 0 Å². The quantitative estimate of drug-likeness (QED) is 0.848. The maximum atomic E-state index is 12.0. The molecule has 0 saturated carbocycles. The summed E-state index contributed by atoms with van der Waals surface area (Å²) >= 11 is 0. The monoisotopic (exact) mass is 316 g/mol. The predicted octanol–water partition coefficient (Wildman–Crippen LogP) is 2.59. The zero-order chi connectivity index (χ0) is 16.0. The van der Waals surface area contributed by atoms with Crippen LogP contribution in [0.3, 0.4) is 0 Å². The molecule has 7 heteroatoms. The summed E-state index contributed by atoms with van der Waals surface area (Å²) in [5.74, 6) is 0.253. The number of carbonyl (C=O) groups is 1. The van der Waals surface area contributed by atoms with E-state index in [4.69, 9.17) is 0 Å². The van der Waals surface area contributed by atoms with E-state index < -0.39 is 6.36 Å². The van der Waals surface area contributed by atoms with E-state index >= 15 is 0 Å². The lowest BCUT2D eigenvalue weighted by atomic mass is 10.0. The van der Waals surface area contributed by atoms with Crippen LogP contribution in [0.5, 0.6) is 5.75 Å². The summed E-state index contributed by atoms with van der Waals surface area (Å²) < 4.78 is 39.9. The van der Waals surface area contributed by atoms with Gasteiger partial charge < -0.3 is 15.4 Å². The molecule has 1 unspecified atom stereocenters. The molecule has 1 aromatic rings. The second kappa shape index (κ2) is 7.49. The van der Waals surface area contributed by atoms with Gasteiger partial charge in [-0.05, 0) is 49.5 Å². The van der Waals surface area contributed by atoms with Gasteiger partial charge in [0.15, 0.2) is 0 Å². The fourth-order valence-corrected chi connectivity index (χ4v) is 2.39. The van der Waals surface area contributed by atoms with Crippen LogP contribution in [0.1, 0.15) is 24.8 Å². The van der Waals surface area contributed by atoms with Crippen molar-refractivity contribution < 1.29 is 22.7 Å². The normalized spacial score (nSPS) is 18.2. The lowest BCUT2D eigenvalue weighted by Crippen LogP contribution is -2.23. The van der Waals surface area contributed by atoms with E-state index in [1.165, 1.54) is 24.3 Å². The Morgan fingerprint density at radius 1 is 1.32 bits per heavy atom. The molecule has 2 N–H and O–H groups in total. The van der Waals surface area contributed by atoms with Crippen molar-refractivity contribution >= 4 is 5.91 Å². The van der Waals surface area contributed by atoms with Crippen LogP contribution in [0.15, 0.2) is 24.3 Å². The number of alkyl halides is 3. The molecule has 0 bridgehead atoms. The molecule has 0 radical (unpaired) electrons. The minimum atomic E-state index is -4.69. The number of amides is 1. The summed E-state index contributed by atoms with van der Waals surface area (Å²) in [7, 11) is 0. The molecule has 1 aliphatic rings. The highest BCUT2D eigenvalue weighted by Gasteiger charge is 2.30. The topological polar surface area (TPSA) is 50.4 Å². The maximum Gasteiger partial charge on any atom is 0.573 e. The van der Waals surface area contributed by atoms with Gasteiger partial charge in [-0.1, -0.05) is 12.1 Å². The highest BCUT2D eigenvalue weighted by Crippen LogP contribution is 2.22. The van der Waals surface area contributed by atoms with Crippen molar-refractivity contribution in [2.75, 3.05) is 13.1 Å². The molecule has 122 valence electrons. The van der Waals surface area contributed by atoms with Gasteiger partial charge in [-0.15, -0.1) is 13.2 Å². The van der Waals surface area contributed by atoms with Crippen LogP contribution >= 0.6 is 0 Å². The van der Waals surface area contributed by atoms with Crippen molar-refractivity contribution in [2.45, 2.75) is 32.2 Å². The Morgan fingerprint density at radius 2 is 2.05 bits per heavy atom. The lowest BCUT2D eigenvalue weighted by Gasteiger charge is -2.10. The summed E-state index contributed by atoms with van der Waals surface area (Å²) in [6.07, 6.45) is -2.25. The number of carbonyl (C=O) groups excluding carboxylic acids is 1. The fourth-order valence-electron chi connectivity index (χ4n) is 2.39. The fraction of sp³-hybridized carbons (Fsp3) is 0.533. The molecule has 4 nitrogen and oxygen atoms in total. The first kappa shape index (κ1) is 16.6. The first-order valence-corrected chi connectivity index (χ1v) is 7.24. The summed E-state index contributed by atoms with van der Waals surface area (Å²) in [6.45, 7) is 2.28. The van der Waals surface area contributed by atoms with Crippen molar-refractivity contribution in [1.29, 1.82) is 0 Å². The third-order valence-electron chi connectivity index (χ3n) is 3.59. The van der Waals surface area contributed by atoms with Crippen molar-refractivity contribution in [1.82, 2.24) is 10.6 Å². The largest absolute Gasteiger partial charge is 0.573 e. The van der Waals surface area contributed by atoms with E-state index in [-0.39, 0.29) is 11.7 Å². The van der Waals surface area contributed by atoms with E-state index in [1.54, 1.807) is 0 Å². The van der Waals surface area contributed by atoms with E-state index in [9.17, 15) is 18.0 Å². The number of hydrogen-bond donors (Lipinski definition) is 2. The zero-order valence-electron chi connectivity index (χ0n) is 12.1. The lowest BCUT2D eigenvalue weighted by molar-refractivity contribution is -0.274. The van der Waals surface area contributed by atoms with Crippen LogP contribution in [-0.4, -0.2) is 25.4 Å². The average Bonchev–Trinajstić information content (AvgIpc) is 2.96. The van der Waals surface area contributed by atoms with Gasteiger partial charge >= 0.3 is 6.36 Å². The minimum absolute atomic E-state index is 0.0393. The average molecular weight is 316 g/mol. The van der Waals surface area contributed by atoms with Gasteiger partial charge in [0.1, 0.15) is 5.75 Å². The van der Waals surface area contributed by atoms with E-state index in [0.717, 1.165) is 31.5 Å². The van der Waals surface area contributed by atoms with Gasteiger partial charge in [-0.3, -0.25) is 4.79 Å². The Morgan fingerprint density at radius 3 is 2.64 bits per heavy atom. The molecule has 22 heavy (non-hydrogen) atoms. The van der Waals surface area contributed by atoms with Crippen LogP contribution in [0, 0.1) is 5.92 Å². The third kappa shape index (κ3) is 5.93. The number of hydrogen-bond acceptors (Lipinski definition) is 3. The Kier molecular flexibility index (Phi) is 5.65.